The number of aliphatic hydroxyl groups excluding tert-OH is 1. The predicted octanol–water partition coefficient (Wildman–Crippen LogP) is 3.53. The fraction of sp³-hybridized carbons (Fsp3) is 0.421. The summed E-state index contributed by atoms with van der Waals surface area (Å²) >= 11 is 1.78. The molecule has 2 heterocycles. The second-order valence-electron chi connectivity index (χ2n) is 6.21. The van der Waals surface area contributed by atoms with Crippen LogP contribution in [0.3, 0.4) is 0 Å². The lowest BCUT2D eigenvalue weighted by molar-refractivity contribution is 0.0643. The maximum atomic E-state index is 11.3. The molecule has 1 fully saturated rings. The van der Waals surface area contributed by atoms with E-state index in [1.54, 1.807) is 42.5 Å². The van der Waals surface area contributed by atoms with Crippen LogP contribution in [0.2, 0.25) is 0 Å². The van der Waals surface area contributed by atoms with Crippen molar-refractivity contribution in [2.45, 2.75) is 31.9 Å². The third-order valence-electron chi connectivity index (χ3n) is 4.38. The number of benzene rings is 1. The smallest absolute Gasteiger partial charge is 0.159 e. The highest BCUT2D eigenvalue weighted by atomic mass is 32.1. The van der Waals surface area contributed by atoms with Gasteiger partial charge in [0, 0.05) is 23.0 Å². The van der Waals surface area contributed by atoms with Crippen molar-refractivity contribution in [1.29, 1.82) is 0 Å². The number of carbonyl (C=O) groups excluding carboxylic acids is 1. The van der Waals surface area contributed by atoms with Gasteiger partial charge >= 0.3 is 0 Å². The van der Waals surface area contributed by atoms with Gasteiger partial charge in [0.25, 0.3) is 0 Å². The molecular formula is C19H23NO3S. The number of β-amino-alcohol motifs (C(OH)–C–C–N with tert-alkyl or cyclic N) is 1. The molecular weight excluding hydrogens is 322 g/mol. The number of likely N-dealkylation sites (tertiary alicyclic amines) is 1. The highest BCUT2D eigenvalue weighted by Gasteiger charge is 2.28. The summed E-state index contributed by atoms with van der Waals surface area (Å²) in [6.45, 7) is 3.44. The second kappa shape index (κ2) is 7.92. The van der Waals surface area contributed by atoms with Crippen LogP contribution in [0.5, 0.6) is 5.75 Å². The maximum Gasteiger partial charge on any atom is 0.159 e. The molecule has 0 unspecified atom stereocenters. The average molecular weight is 345 g/mol. The van der Waals surface area contributed by atoms with Crippen molar-refractivity contribution in [3.63, 3.8) is 0 Å². The molecule has 0 spiro atoms. The Kier molecular flexibility index (Phi) is 5.66. The fourth-order valence-corrected chi connectivity index (χ4v) is 4.04. The Balaban J connectivity index is 1.50. The predicted molar refractivity (Wildman–Crippen MR) is 95.8 cm³/mol. The van der Waals surface area contributed by atoms with Crippen LogP contribution in [0.15, 0.2) is 41.8 Å². The standard InChI is InChI=1S/C19H23NO3S/c1-14(21)15-6-8-17(9-7-15)23-13-16(22)12-20-10-2-4-18(20)19-5-3-11-24-19/h3,5-9,11,16,18,22H,2,4,10,12-13H2,1H3/t16-,18-/m1/s1. The molecule has 0 saturated carbocycles. The van der Waals surface area contributed by atoms with E-state index in [4.69, 9.17) is 4.74 Å². The number of hydrogen-bond donors (Lipinski definition) is 1. The Hall–Kier alpha value is -1.69. The van der Waals surface area contributed by atoms with Crippen molar-refractivity contribution < 1.29 is 14.6 Å². The van der Waals surface area contributed by atoms with E-state index in [2.05, 4.69) is 22.4 Å². The molecule has 2 atom stereocenters. The molecule has 1 aliphatic rings. The third kappa shape index (κ3) is 4.23. The summed E-state index contributed by atoms with van der Waals surface area (Å²) in [5.74, 6) is 0.713. The summed E-state index contributed by atoms with van der Waals surface area (Å²) < 4.78 is 5.65. The Morgan fingerprint density at radius 2 is 2.17 bits per heavy atom. The minimum absolute atomic E-state index is 0.0373. The van der Waals surface area contributed by atoms with E-state index in [-0.39, 0.29) is 12.4 Å². The van der Waals surface area contributed by atoms with Crippen molar-refractivity contribution >= 4 is 17.1 Å². The van der Waals surface area contributed by atoms with Crippen LogP contribution in [-0.4, -0.2) is 41.6 Å². The zero-order valence-electron chi connectivity index (χ0n) is 13.9. The van der Waals surface area contributed by atoms with Crippen molar-refractivity contribution in [3.05, 3.63) is 52.2 Å². The molecule has 1 N–H and O–H groups in total. The number of thiophene rings is 1. The van der Waals surface area contributed by atoms with E-state index in [9.17, 15) is 9.90 Å². The first-order valence-corrected chi connectivity index (χ1v) is 9.21. The molecule has 1 saturated heterocycles. The Morgan fingerprint density at radius 1 is 1.38 bits per heavy atom. The lowest BCUT2D eigenvalue weighted by Crippen LogP contribution is -2.35. The van der Waals surface area contributed by atoms with Crippen molar-refractivity contribution in [2.75, 3.05) is 19.7 Å². The SMILES string of the molecule is CC(=O)c1ccc(OC[C@H](O)CN2CCC[C@@H]2c2cccs2)cc1. The minimum Gasteiger partial charge on any atom is -0.491 e. The van der Waals surface area contributed by atoms with Crippen LogP contribution in [0, 0.1) is 0 Å². The molecule has 5 heteroatoms. The van der Waals surface area contributed by atoms with Gasteiger partial charge in [-0.05, 0) is 62.0 Å². The lowest BCUT2D eigenvalue weighted by Gasteiger charge is -2.26. The summed E-state index contributed by atoms with van der Waals surface area (Å²) in [6, 6.07) is 11.7. The molecule has 1 aliphatic heterocycles. The Morgan fingerprint density at radius 3 is 2.83 bits per heavy atom. The number of rotatable bonds is 7. The van der Waals surface area contributed by atoms with Crippen LogP contribution in [-0.2, 0) is 0 Å². The van der Waals surface area contributed by atoms with Crippen molar-refractivity contribution in [3.8, 4) is 5.75 Å². The quantitative estimate of drug-likeness (QED) is 0.780. The molecule has 1 aromatic heterocycles. The summed E-state index contributed by atoms with van der Waals surface area (Å²) in [4.78, 5) is 15.0. The van der Waals surface area contributed by atoms with Crippen LogP contribution >= 0.6 is 11.3 Å². The fourth-order valence-electron chi connectivity index (χ4n) is 3.15. The van der Waals surface area contributed by atoms with E-state index in [0.29, 0.717) is 23.9 Å². The van der Waals surface area contributed by atoms with Gasteiger partial charge in [0.2, 0.25) is 0 Å². The number of nitrogens with zero attached hydrogens (tertiary/aromatic N) is 1. The van der Waals surface area contributed by atoms with Crippen LogP contribution in [0.25, 0.3) is 0 Å². The van der Waals surface area contributed by atoms with Gasteiger partial charge in [-0.1, -0.05) is 6.07 Å². The van der Waals surface area contributed by atoms with Crippen molar-refractivity contribution in [1.82, 2.24) is 4.90 Å². The lowest BCUT2D eigenvalue weighted by atomic mass is 10.1. The van der Waals surface area contributed by atoms with Gasteiger partial charge < -0.3 is 9.84 Å². The first-order valence-electron chi connectivity index (χ1n) is 8.33. The largest absolute Gasteiger partial charge is 0.491 e. The number of ether oxygens (including phenoxy) is 1. The summed E-state index contributed by atoms with van der Waals surface area (Å²) in [6.07, 6.45) is 1.79. The van der Waals surface area contributed by atoms with Gasteiger partial charge in [-0.3, -0.25) is 9.69 Å². The highest BCUT2D eigenvalue weighted by Crippen LogP contribution is 2.34. The molecule has 24 heavy (non-hydrogen) atoms. The number of Topliss-reactive ketones (excluding diaryl/α,β-unsaturated/α-hetero) is 1. The van der Waals surface area contributed by atoms with Crippen LogP contribution < -0.4 is 4.74 Å². The molecule has 0 amide bonds. The third-order valence-corrected chi connectivity index (χ3v) is 5.36. The molecule has 0 bridgehead atoms. The van der Waals surface area contributed by atoms with Gasteiger partial charge in [-0.2, -0.15) is 0 Å². The van der Waals surface area contributed by atoms with E-state index >= 15 is 0 Å². The van der Waals surface area contributed by atoms with E-state index in [0.717, 1.165) is 13.0 Å². The number of aliphatic hydroxyl groups is 1. The summed E-state index contributed by atoms with van der Waals surface area (Å²) in [5.41, 5.74) is 0.666. The van der Waals surface area contributed by atoms with E-state index in [1.165, 1.54) is 11.3 Å². The van der Waals surface area contributed by atoms with Gasteiger partial charge in [0.1, 0.15) is 18.5 Å². The van der Waals surface area contributed by atoms with Gasteiger partial charge in [0.05, 0.1) is 0 Å². The number of hydrogen-bond acceptors (Lipinski definition) is 5. The highest BCUT2D eigenvalue weighted by molar-refractivity contribution is 7.10. The van der Waals surface area contributed by atoms with Gasteiger partial charge in [-0.25, -0.2) is 0 Å². The summed E-state index contributed by atoms with van der Waals surface area (Å²) in [7, 11) is 0. The first kappa shape index (κ1) is 17.1. The minimum atomic E-state index is -0.530. The molecule has 4 nitrogen and oxygen atoms in total. The van der Waals surface area contributed by atoms with Crippen molar-refractivity contribution in [2.24, 2.45) is 0 Å². The number of carbonyl (C=O) groups is 1. The van der Waals surface area contributed by atoms with Gasteiger partial charge in [-0.15, -0.1) is 11.3 Å². The zero-order valence-corrected chi connectivity index (χ0v) is 14.7. The maximum absolute atomic E-state index is 11.3. The normalized spacial score (nSPS) is 19.3. The number of ketones is 1. The first-order chi connectivity index (χ1) is 11.6. The van der Waals surface area contributed by atoms with Crippen LogP contribution in [0.1, 0.15) is 41.0 Å². The zero-order chi connectivity index (χ0) is 16.9. The second-order valence-corrected chi connectivity index (χ2v) is 7.19. The molecule has 2 aromatic rings. The molecule has 1 aromatic carbocycles. The van der Waals surface area contributed by atoms with E-state index < -0.39 is 6.10 Å². The molecule has 0 aliphatic carbocycles. The monoisotopic (exact) mass is 345 g/mol. The molecule has 3 rings (SSSR count). The van der Waals surface area contributed by atoms with E-state index in [1.807, 2.05) is 0 Å². The van der Waals surface area contributed by atoms with Gasteiger partial charge in [0.15, 0.2) is 5.78 Å². The Bertz CT molecular complexity index is 654. The summed E-state index contributed by atoms with van der Waals surface area (Å²) in [5, 5.41) is 12.4. The average Bonchev–Trinajstić information content (AvgIpc) is 3.24. The van der Waals surface area contributed by atoms with Crippen LogP contribution in [0.4, 0.5) is 0 Å². The molecule has 0 radical (unpaired) electrons. The molecule has 128 valence electrons. The topological polar surface area (TPSA) is 49.8 Å². The Labute approximate surface area is 146 Å².